The smallest absolute Gasteiger partial charge is 0.323 e. The molecular weight excluding hydrogens is 268 g/mol. The van der Waals surface area contributed by atoms with Crippen molar-refractivity contribution in [3.8, 4) is 0 Å². The number of nitrogens with one attached hydrogen (secondary N) is 1. The van der Waals surface area contributed by atoms with Gasteiger partial charge in [0.05, 0.1) is 6.10 Å². The molecule has 1 aliphatic carbocycles. The van der Waals surface area contributed by atoms with Gasteiger partial charge in [-0.15, -0.1) is 0 Å². The molecule has 2 aliphatic rings. The molecule has 1 aliphatic heterocycles. The first kappa shape index (κ1) is 14.3. The summed E-state index contributed by atoms with van der Waals surface area (Å²) in [5, 5.41) is 2.87. The predicted octanol–water partition coefficient (Wildman–Crippen LogP) is 2.43. The molecule has 1 aromatic heterocycles. The van der Waals surface area contributed by atoms with Crippen LogP contribution in [0.25, 0.3) is 0 Å². The number of aromatic nitrogens is 2. The topological polar surface area (TPSA) is 67.4 Å². The standard InChI is InChI=1S/C15H22N4O2/c20-15(18-14-7-8-16-11-17-14)19(12-4-1-2-5-12)10-13-6-3-9-21-13/h7-8,11-13H,1-6,9-10H2,(H,16,17,18,20). The molecule has 21 heavy (non-hydrogen) atoms. The quantitative estimate of drug-likeness (QED) is 0.924. The molecule has 1 saturated heterocycles. The summed E-state index contributed by atoms with van der Waals surface area (Å²) in [5.74, 6) is 0.547. The highest BCUT2D eigenvalue weighted by molar-refractivity contribution is 5.88. The molecule has 2 fully saturated rings. The highest BCUT2D eigenvalue weighted by atomic mass is 16.5. The van der Waals surface area contributed by atoms with E-state index in [-0.39, 0.29) is 12.1 Å². The maximum absolute atomic E-state index is 12.6. The Morgan fingerprint density at radius 3 is 2.86 bits per heavy atom. The molecule has 0 spiro atoms. The van der Waals surface area contributed by atoms with Gasteiger partial charge in [0.25, 0.3) is 0 Å². The van der Waals surface area contributed by atoms with Gasteiger partial charge in [-0.3, -0.25) is 5.32 Å². The predicted molar refractivity (Wildman–Crippen MR) is 79.0 cm³/mol. The molecule has 1 unspecified atom stereocenters. The Balaban J connectivity index is 1.66. The average molecular weight is 290 g/mol. The number of carbonyl (C=O) groups is 1. The molecule has 6 heteroatoms. The zero-order chi connectivity index (χ0) is 14.5. The van der Waals surface area contributed by atoms with Gasteiger partial charge < -0.3 is 9.64 Å². The molecule has 0 aromatic carbocycles. The van der Waals surface area contributed by atoms with Crippen LogP contribution in [0.15, 0.2) is 18.6 Å². The Labute approximate surface area is 124 Å². The summed E-state index contributed by atoms with van der Waals surface area (Å²) in [6, 6.07) is 1.96. The molecule has 1 saturated carbocycles. The van der Waals surface area contributed by atoms with Gasteiger partial charge in [-0.1, -0.05) is 12.8 Å². The van der Waals surface area contributed by atoms with Crippen LogP contribution in [0.2, 0.25) is 0 Å². The van der Waals surface area contributed by atoms with Crippen molar-refractivity contribution >= 4 is 11.8 Å². The highest BCUT2D eigenvalue weighted by Crippen LogP contribution is 2.26. The first-order valence-electron chi connectivity index (χ1n) is 7.78. The number of nitrogens with zero attached hydrogens (tertiary/aromatic N) is 3. The molecule has 6 nitrogen and oxygen atoms in total. The van der Waals surface area contributed by atoms with Crippen LogP contribution in [-0.4, -0.2) is 46.2 Å². The second-order valence-electron chi connectivity index (χ2n) is 5.75. The number of carbonyl (C=O) groups excluding carboxylic acids is 1. The summed E-state index contributed by atoms with van der Waals surface area (Å²) < 4.78 is 5.70. The molecule has 2 heterocycles. The fourth-order valence-electron chi connectivity index (χ4n) is 3.17. The second-order valence-corrected chi connectivity index (χ2v) is 5.75. The summed E-state index contributed by atoms with van der Waals surface area (Å²) in [6.45, 7) is 1.50. The van der Waals surface area contributed by atoms with Crippen LogP contribution < -0.4 is 5.32 Å². The van der Waals surface area contributed by atoms with E-state index < -0.39 is 0 Å². The summed E-state index contributed by atoms with van der Waals surface area (Å²) in [5.41, 5.74) is 0. The maximum atomic E-state index is 12.6. The second kappa shape index (κ2) is 6.85. The third-order valence-corrected chi connectivity index (χ3v) is 4.27. The molecule has 2 amide bonds. The Bertz CT molecular complexity index is 456. The van der Waals surface area contributed by atoms with Gasteiger partial charge in [-0.25, -0.2) is 14.8 Å². The van der Waals surface area contributed by atoms with E-state index in [0.717, 1.165) is 32.3 Å². The third-order valence-electron chi connectivity index (χ3n) is 4.27. The van der Waals surface area contributed by atoms with Crippen LogP contribution in [0.5, 0.6) is 0 Å². The van der Waals surface area contributed by atoms with Crippen LogP contribution >= 0.6 is 0 Å². The molecule has 3 rings (SSSR count). The zero-order valence-electron chi connectivity index (χ0n) is 12.2. The monoisotopic (exact) mass is 290 g/mol. The molecular formula is C15H22N4O2. The van der Waals surface area contributed by atoms with Crippen molar-refractivity contribution in [3.05, 3.63) is 18.6 Å². The lowest BCUT2D eigenvalue weighted by Crippen LogP contribution is -2.45. The molecule has 1 atom stereocenters. The number of urea groups is 1. The molecule has 114 valence electrons. The summed E-state index contributed by atoms with van der Waals surface area (Å²) in [6.07, 6.45) is 9.97. The fourth-order valence-corrected chi connectivity index (χ4v) is 3.17. The van der Waals surface area contributed by atoms with Crippen molar-refractivity contribution < 1.29 is 9.53 Å². The van der Waals surface area contributed by atoms with Crippen molar-refractivity contribution in [3.63, 3.8) is 0 Å². The SMILES string of the molecule is O=C(Nc1ccncn1)N(CC1CCCO1)C1CCCC1. The summed E-state index contributed by atoms with van der Waals surface area (Å²) in [4.78, 5) is 22.5. The third kappa shape index (κ3) is 3.69. The number of hydrogen-bond acceptors (Lipinski definition) is 4. The first-order valence-corrected chi connectivity index (χ1v) is 7.78. The Morgan fingerprint density at radius 2 is 2.19 bits per heavy atom. The fraction of sp³-hybridized carbons (Fsp3) is 0.667. The minimum atomic E-state index is -0.0731. The van der Waals surface area contributed by atoms with E-state index in [9.17, 15) is 4.79 Å². The summed E-state index contributed by atoms with van der Waals surface area (Å²) >= 11 is 0. The van der Waals surface area contributed by atoms with Crippen LogP contribution in [0.1, 0.15) is 38.5 Å². The minimum Gasteiger partial charge on any atom is -0.376 e. The van der Waals surface area contributed by atoms with Gasteiger partial charge in [0.1, 0.15) is 12.1 Å². The van der Waals surface area contributed by atoms with E-state index in [1.807, 2.05) is 4.90 Å². The van der Waals surface area contributed by atoms with Gasteiger partial charge in [-0.05, 0) is 31.7 Å². The van der Waals surface area contributed by atoms with E-state index in [1.54, 1.807) is 12.3 Å². The molecule has 1 aromatic rings. The average Bonchev–Trinajstić information content (AvgIpc) is 3.19. The van der Waals surface area contributed by atoms with Gasteiger partial charge in [-0.2, -0.15) is 0 Å². The van der Waals surface area contributed by atoms with Crippen LogP contribution in [0, 0.1) is 0 Å². The lowest BCUT2D eigenvalue weighted by molar-refractivity contribution is 0.0729. The van der Waals surface area contributed by atoms with Gasteiger partial charge in [0, 0.05) is 25.4 Å². The maximum Gasteiger partial charge on any atom is 0.323 e. The zero-order valence-corrected chi connectivity index (χ0v) is 12.2. The van der Waals surface area contributed by atoms with E-state index in [4.69, 9.17) is 4.74 Å². The highest BCUT2D eigenvalue weighted by Gasteiger charge is 2.30. The van der Waals surface area contributed by atoms with Crippen LogP contribution in [0.4, 0.5) is 10.6 Å². The normalized spacial score (nSPS) is 22.4. The van der Waals surface area contributed by atoms with Gasteiger partial charge in [0.15, 0.2) is 0 Å². The van der Waals surface area contributed by atoms with Gasteiger partial charge >= 0.3 is 6.03 Å². The van der Waals surface area contributed by atoms with Crippen LogP contribution in [-0.2, 0) is 4.74 Å². The Kier molecular flexibility index (Phi) is 4.65. The van der Waals surface area contributed by atoms with E-state index in [1.165, 1.54) is 19.2 Å². The van der Waals surface area contributed by atoms with Crippen LogP contribution in [0.3, 0.4) is 0 Å². The number of anilines is 1. The van der Waals surface area contributed by atoms with E-state index in [0.29, 0.717) is 18.4 Å². The first-order chi connectivity index (χ1) is 10.3. The number of amides is 2. The lowest BCUT2D eigenvalue weighted by atomic mass is 10.1. The number of ether oxygens (including phenoxy) is 1. The Hall–Kier alpha value is -1.69. The number of rotatable bonds is 4. The van der Waals surface area contributed by atoms with E-state index >= 15 is 0 Å². The molecule has 0 radical (unpaired) electrons. The molecule has 1 N–H and O–H groups in total. The molecule has 0 bridgehead atoms. The van der Waals surface area contributed by atoms with Crippen molar-refractivity contribution in [1.82, 2.24) is 14.9 Å². The van der Waals surface area contributed by atoms with Gasteiger partial charge in [0.2, 0.25) is 0 Å². The van der Waals surface area contributed by atoms with E-state index in [2.05, 4.69) is 15.3 Å². The lowest BCUT2D eigenvalue weighted by Gasteiger charge is -2.31. The summed E-state index contributed by atoms with van der Waals surface area (Å²) in [7, 11) is 0. The van der Waals surface area contributed by atoms with Crippen molar-refractivity contribution in [2.75, 3.05) is 18.5 Å². The Morgan fingerprint density at radius 1 is 1.33 bits per heavy atom. The van der Waals surface area contributed by atoms with Crippen molar-refractivity contribution in [1.29, 1.82) is 0 Å². The van der Waals surface area contributed by atoms with Crippen molar-refractivity contribution in [2.24, 2.45) is 0 Å². The number of hydrogen-bond donors (Lipinski definition) is 1. The largest absolute Gasteiger partial charge is 0.376 e. The minimum absolute atomic E-state index is 0.0731. The van der Waals surface area contributed by atoms with Crippen molar-refractivity contribution in [2.45, 2.75) is 50.7 Å².